The highest BCUT2D eigenvalue weighted by Crippen LogP contribution is 2.40. The van der Waals surface area contributed by atoms with Gasteiger partial charge in [-0.15, -0.1) is 0 Å². The molecule has 1 heterocycles. The van der Waals surface area contributed by atoms with Crippen molar-refractivity contribution in [1.82, 2.24) is 10.3 Å². The molecule has 0 saturated carbocycles. The zero-order valence-corrected chi connectivity index (χ0v) is 17.5. The van der Waals surface area contributed by atoms with E-state index in [4.69, 9.17) is 9.47 Å². The molecular weight excluding hydrogens is 376 g/mol. The first kappa shape index (κ1) is 20.1. The van der Waals surface area contributed by atoms with Crippen molar-refractivity contribution in [2.45, 2.75) is 25.2 Å². The molecule has 5 nitrogen and oxygen atoms in total. The van der Waals surface area contributed by atoms with Crippen molar-refractivity contribution in [3.8, 4) is 11.5 Å². The number of nitrogens with one attached hydrogen (secondary N) is 2. The molecule has 2 aromatic carbocycles. The van der Waals surface area contributed by atoms with Crippen LogP contribution in [0.3, 0.4) is 0 Å². The van der Waals surface area contributed by atoms with Crippen LogP contribution in [0.15, 0.2) is 60.8 Å². The number of aromatic amines is 1. The minimum atomic E-state index is -0.0747. The Labute approximate surface area is 177 Å². The fourth-order valence-electron chi connectivity index (χ4n) is 4.33. The minimum Gasteiger partial charge on any atom is -0.493 e. The Kier molecular flexibility index (Phi) is 6.07. The highest BCUT2D eigenvalue weighted by molar-refractivity contribution is 5.85. The first-order chi connectivity index (χ1) is 14.7. The molecule has 0 spiro atoms. The third-order valence-corrected chi connectivity index (χ3v) is 5.93. The number of methoxy groups -OCH3 is 2. The van der Waals surface area contributed by atoms with E-state index >= 15 is 0 Å². The number of allylic oxidation sites excluding steroid dienone is 2. The molecule has 0 radical (unpaired) electrons. The molecule has 0 saturated heterocycles. The summed E-state index contributed by atoms with van der Waals surface area (Å²) in [7, 11) is 3.29. The van der Waals surface area contributed by atoms with E-state index in [-0.39, 0.29) is 17.7 Å². The van der Waals surface area contributed by atoms with E-state index in [2.05, 4.69) is 34.6 Å². The van der Waals surface area contributed by atoms with Crippen molar-refractivity contribution in [2.75, 3.05) is 20.8 Å². The van der Waals surface area contributed by atoms with Crippen molar-refractivity contribution in [1.29, 1.82) is 0 Å². The summed E-state index contributed by atoms with van der Waals surface area (Å²) in [4.78, 5) is 16.2. The van der Waals surface area contributed by atoms with Gasteiger partial charge in [-0.3, -0.25) is 4.79 Å². The number of carbonyl (C=O) groups is 1. The average Bonchev–Trinajstić information content (AvgIpc) is 3.23. The molecule has 2 atom stereocenters. The summed E-state index contributed by atoms with van der Waals surface area (Å²) in [6, 6.07) is 14.1. The maximum absolute atomic E-state index is 12.8. The van der Waals surface area contributed by atoms with Crippen LogP contribution < -0.4 is 14.8 Å². The lowest BCUT2D eigenvalue weighted by atomic mass is 9.89. The number of para-hydroxylation sites is 2. The molecule has 30 heavy (non-hydrogen) atoms. The monoisotopic (exact) mass is 404 g/mol. The second-order valence-corrected chi connectivity index (χ2v) is 7.65. The standard InChI is InChI=1S/C25H28N2O3/c1-29-23-14-8-12-19(24(23)30-2)21(16-27-25(28)17-9-4-3-5-10-17)20-15-26-22-13-7-6-11-18(20)22/h3-4,6-8,11-15,17,21,26H,5,9-10,16H2,1-2H3,(H,27,28). The normalized spacial score (nSPS) is 16.9. The van der Waals surface area contributed by atoms with E-state index in [1.165, 1.54) is 0 Å². The lowest BCUT2D eigenvalue weighted by Crippen LogP contribution is -2.34. The Balaban J connectivity index is 1.70. The van der Waals surface area contributed by atoms with Crippen LogP contribution in [0.5, 0.6) is 11.5 Å². The van der Waals surface area contributed by atoms with Crippen molar-refractivity contribution in [3.63, 3.8) is 0 Å². The van der Waals surface area contributed by atoms with Crippen LogP contribution in [0.2, 0.25) is 0 Å². The van der Waals surface area contributed by atoms with Crippen LogP contribution in [-0.2, 0) is 4.79 Å². The summed E-state index contributed by atoms with van der Waals surface area (Å²) in [6.45, 7) is 0.490. The number of amides is 1. The Bertz CT molecular complexity index is 1050. The molecule has 156 valence electrons. The van der Waals surface area contributed by atoms with Crippen molar-refractivity contribution >= 4 is 16.8 Å². The van der Waals surface area contributed by atoms with E-state index in [9.17, 15) is 4.79 Å². The summed E-state index contributed by atoms with van der Waals surface area (Å²) in [5, 5.41) is 4.35. The molecule has 2 unspecified atom stereocenters. The molecule has 1 aliphatic carbocycles. The topological polar surface area (TPSA) is 63.3 Å². The van der Waals surface area contributed by atoms with Gasteiger partial charge in [-0.25, -0.2) is 0 Å². The van der Waals surface area contributed by atoms with Gasteiger partial charge in [0.15, 0.2) is 11.5 Å². The van der Waals surface area contributed by atoms with Gasteiger partial charge in [0.2, 0.25) is 5.91 Å². The number of hydrogen-bond donors (Lipinski definition) is 2. The number of ether oxygens (including phenoxy) is 2. The molecule has 0 aliphatic heterocycles. The van der Waals surface area contributed by atoms with E-state index < -0.39 is 0 Å². The van der Waals surface area contributed by atoms with Gasteiger partial charge >= 0.3 is 0 Å². The smallest absolute Gasteiger partial charge is 0.223 e. The maximum Gasteiger partial charge on any atom is 0.223 e. The average molecular weight is 405 g/mol. The summed E-state index contributed by atoms with van der Waals surface area (Å²) in [5.41, 5.74) is 3.19. The van der Waals surface area contributed by atoms with E-state index in [1.54, 1.807) is 14.2 Å². The Morgan fingerprint density at radius 3 is 2.73 bits per heavy atom. The predicted octanol–water partition coefficient (Wildman–Crippen LogP) is 4.79. The largest absolute Gasteiger partial charge is 0.493 e. The zero-order chi connectivity index (χ0) is 20.9. The molecule has 4 rings (SSSR count). The van der Waals surface area contributed by atoms with Crippen LogP contribution in [0.4, 0.5) is 0 Å². The number of carbonyl (C=O) groups excluding carboxylic acids is 1. The van der Waals surface area contributed by atoms with Crippen LogP contribution in [-0.4, -0.2) is 31.7 Å². The summed E-state index contributed by atoms with van der Waals surface area (Å²) < 4.78 is 11.2. The van der Waals surface area contributed by atoms with Gasteiger partial charge in [-0.2, -0.15) is 0 Å². The second-order valence-electron chi connectivity index (χ2n) is 7.65. The van der Waals surface area contributed by atoms with Crippen LogP contribution >= 0.6 is 0 Å². The molecule has 2 N–H and O–H groups in total. The van der Waals surface area contributed by atoms with E-state index in [1.807, 2.05) is 36.5 Å². The molecular formula is C25H28N2O3. The fraction of sp³-hybridized carbons (Fsp3) is 0.320. The van der Waals surface area contributed by atoms with Crippen molar-refractivity contribution in [3.05, 3.63) is 71.9 Å². The molecule has 3 aromatic rings. The lowest BCUT2D eigenvalue weighted by molar-refractivity contribution is -0.125. The number of hydrogen-bond acceptors (Lipinski definition) is 3. The van der Waals surface area contributed by atoms with Gasteiger partial charge < -0.3 is 19.8 Å². The first-order valence-electron chi connectivity index (χ1n) is 10.4. The van der Waals surface area contributed by atoms with Gasteiger partial charge in [0.25, 0.3) is 0 Å². The number of benzene rings is 2. The van der Waals surface area contributed by atoms with Crippen molar-refractivity contribution in [2.24, 2.45) is 5.92 Å². The number of rotatable bonds is 7. The third-order valence-electron chi connectivity index (χ3n) is 5.93. The Hall–Kier alpha value is -3.21. The third kappa shape index (κ3) is 3.92. The zero-order valence-electron chi connectivity index (χ0n) is 17.5. The van der Waals surface area contributed by atoms with E-state index in [0.717, 1.165) is 41.3 Å². The van der Waals surface area contributed by atoms with Crippen LogP contribution in [0.1, 0.15) is 36.3 Å². The fourth-order valence-corrected chi connectivity index (χ4v) is 4.33. The van der Waals surface area contributed by atoms with Gasteiger partial charge in [0.05, 0.1) is 14.2 Å². The molecule has 0 bridgehead atoms. The number of aromatic nitrogens is 1. The molecule has 1 amide bonds. The highest BCUT2D eigenvalue weighted by atomic mass is 16.5. The van der Waals surface area contributed by atoms with Gasteiger partial charge in [-0.05, 0) is 37.0 Å². The minimum absolute atomic E-state index is 0.0471. The van der Waals surface area contributed by atoms with Gasteiger partial charge in [0, 0.05) is 41.0 Å². The molecule has 1 aliphatic rings. The summed E-state index contributed by atoms with van der Waals surface area (Å²) in [6.07, 6.45) is 8.97. The molecule has 0 fully saturated rings. The Morgan fingerprint density at radius 2 is 1.97 bits per heavy atom. The molecule has 5 heteroatoms. The van der Waals surface area contributed by atoms with Gasteiger partial charge in [-0.1, -0.05) is 42.5 Å². The number of H-pyrrole nitrogens is 1. The summed E-state index contributed by atoms with van der Waals surface area (Å²) >= 11 is 0. The van der Waals surface area contributed by atoms with E-state index in [0.29, 0.717) is 18.0 Å². The van der Waals surface area contributed by atoms with Crippen LogP contribution in [0, 0.1) is 5.92 Å². The van der Waals surface area contributed by atoms with Gasteiger partial charge in [0.1, 0.15) is 0 Å². The summed E-state index contributed by atoms with van der Waals surface area (Å²) in [5.74, 6) is 1.47. The SMILES string of the molecule is COc1cccc(C(CNC(=O)C2CC=CCC2)c2c[nH]c3ccccc23)c1OC. The molecule has 1 aromatic heterocycles. The Morgan fingerprint density at radius 1 is 1.10 bits per heavy atom. The maximum atomic E-state index is 12.8. The first-order valence-corrected chi connectivity index (χ1v) is 10.4. The van der Waals surface area contributed by atoms with Crippen LogP contribution in [0.25, 0.3) is 10.9 Å². The number of fused-ring (bicyclic) bond motifs is 1. The second kappa shape index (κ2) is 9.08. The highest BCUT2D eigenvalue weighted by Gasteiger charge is 2.26. The lowest BCUT2D eigenvalue weighted by Gasteiger charge is -2.23. The quantitative estimate of drug-likeness (QED) is 0.557. The predicted molar refractivity (Wildman–Crippen MR) is 119 cm³/mol. The van der Waals surface area contributed by atoms with Crippen molar-refractivity contribution < 1.29 is 14.3 Å².